The van der Waals surface area contributed by atoms with E-state index in [-0.39, 0.29) is 23.8 Å². The lowest BCUT2D eigenvalue weighted by Crippen LogP contribution is -2.50. The number of benzene rings is 1. The van der Waals surface area contributed by atoms with Crippen LogP contribution in [0.3, 0.4) is 0 Å². The number of carbonyl (C=O) groups is 1. The quantitative estimate of drug-likeness (QED) is 0.783. The Balaban J connectivity index is 1.44. The third-order valence-corrected chi connectivity index (χ3v) is 5.75. The number of carbonyl (C=O) groups excluding carboxylic acids is 1. The Hall–Kier alpha value is -1.38. The van der Waals surface area contributed by atoms with Crippen LogP contribution < -0.4 is 0 Å². The van der Waals surface area contributed by atoms with Gasteiger partial charge in [0.25, 0.3) is 0 Å². The topological polar surface area (TPSA) is 26.3 Å². The highest BCUT2D eigenvalue weighted by Crippen LogP contribution is 2.60. The summed E-state index contributed by atoms with van der Waals surface area (Å²) in [7, 11) is 0. The van der Waals surface area contributed by atoms with Crippen molar-refractivity contribution in [3.8, 4) is 0 Å². The van der Waals surface area contributed by atoms with Gasteiger partial charge in [0.2, 0.25) is 0 Å². The monoisotopic (exact) mass is 288 g/mol. The smallest absolute Gasteiger partial charge is 0.312 e. The predicted molar refractivity (Wildman–Crippen MR) is 76.8 cm³/mol. The molecule has 1 aromatic rings. The normalized spacial score (nSPS) is 36.7. The van der Waals surface area contributed by atoms with Gasteiger partial charge >= 0.3 is 5.97 Å². The largest absolute Gasteiger partial charge is 0.460 e. The summed E-state index contributed by atoms with van der Waals surface area (Å²) in [4.78, 5) is 12.6. The lowest BCUT2D eigenvalue weighted by molar-refractivity contribution is -0.172. The Morgan fingerprint density at radius 1 is 1.05 bits per heavy atom. The molecule has 4 bridgehead atoms. The molecule has 21 heavy (non-hydrogen) atoms. The van der Waals surface area contributed by atoms with E-state index in [1.807, 2.05) is 0 Å². The Bertz CT molecular complexity index is 514. The molecule has 4 aliphatic rings. The maximum absolute atomic E-state index is 12.9. The third-order valence-electron chi connectivity index (χ3n) is 5.75. The van der Waals surface area contributed by atoms with Gasteiger partial charge in [0.1, 0.15) is 12.4 Å². The zero-order valence-electron chi connectivity index (χ0n) is 12.2. The highest BCUT2D eigenvalue weighted by molar-refractivity contribution is 5.77. The molecule has 0 unspecified atom stereocenters. The van der Waals surface area contributed by atoms with Crippen molar-refractivity contribution >= 4 is 5.97 Å². The van der Waals surface area contributed by atoms with E-state index in [1.165, 1.54) is 31.4 Å². The molecule has 0 atom stereocenters. The Kier molecular flexibility index (Phi) is 3.05. The zero-order chi connectivity index (χ0) is 14.4. The summed E-state index contributed by atoms with van der Waals surface area (Å²) >= 11 is 0. The van der Waals surface area contributed by atoms with E-state index in [0.717, 1.165) is 42.6 Å². The van der Waals surface area contributed by atoms with E-state index >= 15 is 0 Å². The van der Waals surface area contributed by atoms with Crippen LogP contribution in [0.2, 0.25) is 0 Å². The maximum atomic E-state index is 12.9. The molecule has 1 aromatic carbocycles. The lowest BCUT2D eigenvalue weighted by Gasteiger charge is -2.55. The molecule has 0 amide bonds. The molecule has 0 radical (unpaired) electrons. The van der Waals surface area contributed by atoms with Crippen molar-refractivity contribution in [3.05, 3.63) is 35.6 Å². The molecule has 0 aromatic heterocycles. The van der Waals surface area contributed by atoms with Crippen molar-refractivity contribution in [1.82, 2.24) is 0 Å². The fourth-order valence-electron chi connectivity index (χ4n) is 5.24. The lowest BCUT2D eigenvalue weighted by atomic mass is 9.49. The van der Waals surface area contributed by atoms with Crippen LogP contribution in [0.15, 0.2) is 24.3 Å². The van der Waals surface area contributed by atoms with Crippen LogP contribution in [0.5, 0.6) is 0 Å². The summed E-state index contributed by atoms with van der Waals surface area (Å²) < 4.78 is 18.5. The average Bonchev–Trinajstić information content (AvgIpc) is 2.45. The molecule has 0 spiro atoms. The first kappa shape index (κ1) is 13.3. The number of hydrogen-bond acceptors (Lipinski definition) is 2. The summed E-state index contributed by atoms with van der Waals surface area (Å²) in [6.07, 6.45) is 7.06. The number of rotatable bonds is 3. The second-order valence-corrected chi connectivity index (χ2v) is 7.40. The fourth-order valence-corrected chi connectivity index (χ4v) is 5.24. The minimum atomic E-state index is -0.258. The number of hydrogen-bond donors (Lipinski definition) is 0. The molecule has 4 aliphatic carbocycles. The van der Waals surface area contributed by atoms with Crippen LogP contribution in [0.4, 0.5) is 4.39 Å². The van der Waals surface area contributed by atoms with Gasteiger partial charge in [-0.1, -0.05) is 12.1 Å². The molecule has 0 saturated heterocycles. The van der Waals surface area contributed by atoms with Crippen LogP contribution >= 0.6 is 0 Å². The maximum Gasteiger partial charge on any atom is 0.312 e. The summed E-state index contributed by atoms with van der Waals surface area (Å²) in [6, 6.07) is 6.19. The molecule has 4 fully saturated rings. The van der Waals surface area contributed by atoms with Gasteiger partial charge in [-0.3, -0.25) is 4.79 Å². The Morgan fingerprint density at radius 3 is 2.10 bits per heavy atom. The minimum Gasteiger partial charge on any atom is -0.460 e. The molecule has 0 N–H and O–H groups in total. The summed E-state index contributed by atoms with van der Waals surface area (Å²) in [5.41, 5.74) is 0.656. The summed E-state index contributed by atoms with van der Waals surface area (Å²) in [6.45, 7) is 0.265. The van der Waals surface area contributed by atoms with Crippen molar-refractivity contribution < 1.29 is 13.9 Å². The first-order valence-corrected chi connectivity index (χ1v) is 8.05. The third kappa shape index (κ3) is 2.37. The molecule has 5 rings (SSSR count). The van der Waals surface area contributed by atoms with Crippen molar-refractivity contribution in [2.75, 3.05) is 0 Å². The van der Waals surface area contributed by atoms with Crippen LogP contribution in [0.25, 0.3) is 0 Å². The van der Waals surface area contributed by atoms with Gasteiger partial charge < -0.3 is 4.74 Å². The molecule has 3 heteroatoms. The molecular weight excluding hydrogens is 267 g/mol. The zero-order valence-corrected chi connectivity index (χ0v) is 12.2. The van der Waals surface area contributed by atoms with Gasteiger partial charge in [-0.15, -0.1) is 0 Å². The number of ether oxygens (including phenoxy) is 1. The van der Waals surface area contributed by atoms with Gasteiger partial charge in [-0.05, 0) is 74.0 Å². The first-order chi connectivity index (χ1) is 10.1. The van der Waals surface area contributed by atoms with Crippen molar-refractivity contribution in [3.63, 3.8) is 0 Å². The average molecular weight is 288 g/mol. The molecule has 0 aliphatic heterocycles. The fraction of sp³-hybridized carbons (Fsp3) is 0.611. The van der Waals surface area contributed by atoms with Crippen molar-refractivity contribution in [1.29, 1.82) is 0 Å². The Labute approximate surface area is 124 Å². The summed E-state index contributed by atoms with van der Waals surface area (Å²) in [5.74, 6) is 1.97. The molecule has 4 saturated carbocycles. The van der Waals surface area contributed by atoms with Gasteiger partial charge in [-0.2, -0.15) is 0 Å². The van der Waals surface area contributed by atoms with Gasteiger partial charge in [0.15, 0.2) is 0 Å². The molecule has 2 nitrogen and oxygen atoms in total. The van der Waals surface area contributed by atoms with E-state index in [9.17, 15) is 9.18 Å². The summed E-state index contributed by atoms with van der Waals surface area (Å²) in [5, 5.41) is 0. The highest BCUT2D eigenvalue weighted by atomic mass is 19.1. The van der Waals surface area contributed by atoms with Crippen LogP contribution in [-0.4, -0.2) is 5.97 Å². The molecular formula is C18H21FO2. The van der Waals surface area contributed by atoms with E-state index in [1.54, 1.807) is 12.1 Å². The van der Waals surface area contributed by atoms with Gasteiger partial charge in [-0.25, -0.2) is 4.39 Å². The van der Waals surface area contributed by atoms with E-state index in [0.29, 0.717) is 0 Å². The van der Waals surface area contributed by atoms with Crippen LogP contribution in [0.1, 0.15) is 44.1 Å². The van der Waals surface area contributed by atoms with Crippen LogP contribution in [0, 0.1) is 29.0 Å². The van der Waals surface area contributed by atoms with E-state index in [2.05, 4.69) is 0 Å². The van der Waals surface area contributed by atoms with Crippen molar-refractivity contribution in [2.45, 2.75) is 45.1 Å². The molecule has 112 valence electrons. The van der Waals surface area contributed by atoms with E-state index < -0.39 is 0 Å². The first-order valence-electron chi connectivity index (χ1n) is 8.05. The second-order valence-electron chi connectivity index (χ2n) is 7.40. The Morgan fingerprint density at radius 2 is 1.57 bits per heavy atom. The van der Waals surface area contributed by atoms with Gasteiger partial charge in [0, 0.05) is 0 Å². The number of esters is 1. The highest BCUT2D eigenvalue weighted by Gasteiger charge is 2.55. The van der Waals surface area contributed by atoms with Crippen LogP contribution in [-0.2, 0) is 16.1 Å². The second kappa shape index (κ2) is 4.82. The number of halogens is 1. The van der Waals surface area contributed by atoms with E-state index in [4.69, 9.17) is 4.74 Å². The SMILES string of the molecule is O=C(OCc1ccc(F)cc1)C12CC3CC(CC(C3)C1)C2. The molecule has 0 heterocycles. The van der Waals surface area contributed by atoms with Crippen molar-refractivity contribution in [2.24, 2.45) is 23.2 Å². The van der Waals surface area contributed by atoms with Gasteiger partial charge in [0.05, 0.1) is 5.41 Å². The minimum absolute atomic E-state index is 0.00840. The standard InChI is InChI=1S/C18H21FO2/c19-16-3-1-12(2-4-16)11-21-17(20)18-8-13-5-14(9-18)7-15(6-13)10-18/h1-4,13-15H,5-11H2. The predicted octanol–water partition coefficient (Wildman–Crippen LogP) is 4.09.